The van der Waals surface area contributed by atoms with Gasteiger partial charge in [0.15, 0.2) is 0 Å². The summed E-state index contributed by atoms with van der Waals surface area (Å²) in [5.74, 6) is 0. The third kappa shape index (κ3) is 4.19. The predicted molar refractivity (Wildman–Crippen MR) is 86.0 cm³/mol. The van der Waals surface area contributed by atoms with Crippen molar-refractivity contribution in [3.8, 4) is 0 Å². The van der Waals surface area contributed by atoms with E-state index in [9.17, 15) is 8.42 Å². The van der Waals surface area contributed by atoms with Crippen LogP contribution in [0.3, 0.4) is 0 Å². The summed E-state index contributed by atoms with van der Waals surface area (Å²) in [7, 11) is -3.49. The van der Waals surface area contributed by atoms with Crippen molar-refractivity contribution in [3.63, 3.8) is 0 Å². The first-order chi connectivity index (χ1) is 9.72. The minimum absolute atomic E-state index is 0.278. The van der Waals surface area contributed by atoms with E-state index in [1.807, 2.05) is 20.8 Å². The first-order valence-electron chi connectivity index (χ1n) is 7.28. The van der Waals surface area contributed by atoms with Crippen molar-refractivity contribution < 1.29 is 8.42 Å². The number of rotatable bonds is 6. The lowest BCUT2D eigenvalue weighted by Gasteiger charge is -2.38. The maximum Gasteiger partial charge on any atom is 0.241 e. The maximum atomic E-state index is 12.5. The molecule has 1 aromatic carbocycles. The number of halogens is 1. The van der Waals surface area contributed by atoms with Crippen LogP contribution in [-0.2, 0) is 16.6 Å². The van der Waals surface area contributed by atoms with Crippen molar-refractivity contribution in [2.45, 2.75) is 63.1 Å². The third-order valence-electron chi connectivity index (χ3n) is 3.87. The Hall–Kier alpha value is -0.620. The minimum Gasteiger partial charge on any atom is -0.310 e. The monoisotopic (exact) mass is 330 g/mol. The van der Waals surface area contributed by atoms with Gasteiger partial charge < -0.3 is 5.32 Å². The van der Waals surface area contributed by atoms with E-state index in [2.05, 4.69) is 10.0 Å². The molecule has 21 heavy (non-hydrogen) atoms. The number of nitrogens with one attached hydrogen (secondary N) is 2. The van der Waals surface area contributed by atoms with Crippen molar-refractivity contribution in [3.05, 3.63) is 28.8 Å². The highest BCUT2D eigenvalue weighted by atomic mass is 35.5. The van der Waals surface area contributed by atoms with Crippen LogP contribution in [0.15, 0.2) is 23.1 Å². The van der Waals surface area contributed by atoms with E-state index >= 15 is 0 Å². The molecule has 1 fully saturated rings. The summed E-state index contributed by atoms with van der Waals surface area (Å²) >= 11 is 6.15. The largest absolute Gasteiger partial charge is 0.310 e. The normalized spacial score (nSPS) is 17.8. The lowest BCUT2D eigenvalue weighted by atomic mass is 9.80. The molecule has 1 saturated carbocycles. The third-order valence-corrected chi connectivity index (χ3v) is 5.87. The average Bonchev–Trinajstić information content (AvgIpc) is 2.35. The molecule has 1 aliphatic rings. The van der Waals surface area contributed by atoms with Crippen LogP contribution in [0.2, 0.25) is 5.02 Å². The molecular weight excluding hydrogens is 308 g/mol. The summed E-state index contributed by atoms with van der Waals surface area (Å²) < 4.78 is 27.7. The van der Waals surface area contributed by atoms with E-state index in [0.29, 0.717) is 17.6 Å². The molecule has 118 valence electrons. The van der Waals surface area contributed by atoms with Crippen LogP contribution in [0.25, 0.3) is 0 Å². The SMILES string of the molecule is CC(C)NCc1cc(S(=O)(=O)NC2(C)CCC2)ccc1Cl. The predicted octanol–water partition coefficient (Wildman–Crippen LogP) is 3.06. The quantitative estimate of drug-likeness (QED) is 0.842. The zero-order valence-electron chi connectivity index (χ0n) is 12.7. The maximum absolute atomic E-state index is 12.5. The lowest BCUT2D eigenvalue weighted by Crippen LogP contribution is -2.50. The highest BCUT2D eigenvalue weighted by molar-refractivity contribution is 7.89. The number of sulfonamides is 1. The summed E-state index contributed by atoms with van der Waals surface area (Å²) in [5, 5.41) is 3.83. The molecule has 0 atom stereocenters. The van der Waals surface area contributed by atoms with Gasteiger partial charge >= 0.3 is 0 Å². The Balaban J connectivity index is 2.20. The molecular formula is C15H23ClN2O2S. The van der Waals surface area contributed by atoms with Crippen LogP contribution in [0, 0.1) is 0 Å². The summed E-state index contributed by atoms with van der Waals surface area (Å²) in [6.07, 6.45) is 2.85. The molecule has 1 aromatic rings. The second-order valence-electron chi connectivity index (χ2n) is 6.31. The van der Waals surface area contributed by atoms with Crippen molar-refractivity contribution >= 4 is 21.6 Å². The molecule has 0 bridgehead atoms. The fourth-order valence-electron chi connectivity index (χ4n) is 2.36. The Labute approximate surface area is 132 Å². The zero-order valence-corrected chi connectivity index (χ0v) is 14.3. The highest BCUT2D eigenvalue weighted by Gasteiger charge is 2.36. The van der Waals surface area contributed by atoms with Gasteiger partial charge in [-0.1, -0.05) is 25.4 Å². The van der Waals surface area contributed by atoms with E-state index in [1.54, 1.807) is 18.2 Å². The summed E-state index contributed by atoms with van der Waals surface area (Å²) in [6, 6.07) is 5.18. The molecule has 6 heteroatoms. The van der Waals surface area contributed by atoms with Gasteiger partial charge in [-0.2, -0.15) is 0 Å². The zero-order chi connectivity index (χ0) is 15.7. The number of hydrogen-bond donors (Lipinski definition) is 2. The Kier molecular flexibility index (Phi) is 4.98. The molecule has 0 saturated heterocycles. The van der Waals surface area contributed by atoms with Crippen LogP contribution in [0.1, 0.15) is 45.6 Å². The Morgan fingerprint density at radius 2 is 2.00 bits per heavy atom. The Morgan fingerprint density at radius 3 is 2.52 bits per heavy atom. The fourth-order valence-corrected chi connectivity index (χ4v) is 4.06. The van der Waals surface area contributed by atoms with Gasteiger partial charge in [0.05, 0.1) is 4.90 Å². The first kappa shape index (κ1) is 16.7. The van der Waals surface area contributed by atoms with Crippen LogP contribution in [-0.4, -0.2) is 20.0 Å². The van der Waals surface area contributed by atoms with Gasteiger partial charge in [0.1, 0.15) is 0 Å². The van der Waals surface area contributed by atoms with E-state index < -0.39 is 10.0 Å². The van der Waals surface area contributed by atoms with Crippen molar-refractivity contribution in [1.82, 2.24) is 10.0 Å². The summed E-state index contributed by atoms with van der Waals surface area (Å²) in [4.78, 5) is 0.278. The van der Waals surface area contributed by atoms with Crippen LogP contribution in [0.4, 0.5) is 0 Å². The lowest BCUT2D eigenvalue weighted by molar-refractivity contribution is 0.248. The Bertz CT molecular complexity index is 610. The van der Waals surface area contributed by atoms with Gasteiger partial charge in [-0.25, -0.2) is 13.1 Å². The van der Waals surface area contributed by atoms with E-state index in [-0.39, 0.29) is 10.4 Å². The van der Waals surface area contributed by atoms with Gasteiger partial charge in [0.25, 0.3) is 0 Å². The smallest absolute Gasteiger partial charge is 0.241 e. The molecule has 2 N–H and O–H groups in total. The molecule has 4 nitrogen and oxygen atoms in total. The molecule has 0 amide bonds. The molecule has 2 rings (SSSR count). The van der Waals surface area contributed by atoms with Crippen molar-refractivity contribution in [1.29, 1.82) is 0 Å². The molecule has 0 spiro atoms. The van der Waals surface area contributed by atoms with Gasteiger partial charge in [0.2, 0.25) is 10.0 Å². The standard InChI is InChI=1S/C15H23ClN2O2S/c1-11(2)17-10-12-9-13(5-6-14(12)16)21(19,20)18-15(3)7-4-8-15/h5-6,9,11,17-18H,4,7-8,10H2,1-3H3. The van der Waals surface area contributed by atoms with Crippen LogP contribution in [0.5, 0.6) is 0 Å². The van der Waals surface area contributed by atoms with Gasteiger partial charge in [-0.15, -0.1) is 0 Å². The van der Waals surface area contributed by atoms with Crippen LogP contribution < -0.4 is 10.0 Å². The fraction of sp³-hybridized carbons (Fsp3) is 0.600. The van der Waals surface area contributed by atoms with E-state index in [1.165, 1.54) is 0 Å². The molecule has 0 aromatic heterocycles. The minimum atomic E-state index is -3.49. The van der Waals surface area contributed by atoms with Gasteiger partial charge in [-0.3, -0.25) is 0 Å². The second kappa shape index (κ2) is 6.24. The topological polar surface area (TPSA) is 58.2 Å². The highest BCUT2D eigenvalue weighted by Crippen LogP contribution is 2.33. The molecule has 0 unspecified atom stereocenters. The Morgan fingerprint density at radius 1 is 1.33 bits per heavy atom. The summed E-state index contributed by atoms with van der Waals surface area (Å²) in [6.45, 7) is 6.57. The van der Waals surface area contributed by atoms with E-state index in [0.717, 1.165) is 24.8 Å². The molecule has 0 radical (unpaired) electrons. The second-order valence-corrected chi connectivity index (χ2v) is 8.40. The van der Waals surface area contributed by atoms with Gasteiger partial charge in [-0.05, 0) is 49.9 Å². The molecule has 1 aliphatic carbocycles. The average molecular weight is 331 g/mol. The number of benzene rings is 1. The number of hydrogen-bond acceptors (Lipinski definition) is 3. The first-order valence-corrected chi connectivity index (χ1v) is 9.14. The van der Waals surface area contributed by atoms with Gasteiger partial charge in [0, 0.05) is 23.1 Å². The van der Waals surface area contributed by atoms with Crippen molar-refractivity contribution in [2.24, 2.45) is 0 Å². The molecule has 0 heterocycles. The van der Waals surface area contributed by atoms with Crippen LogP contribution >= 0.6 is 11.6 Å². The van der Waals surface area contributed by atoms with Crippen molar-refractivity contribution in [2.75, 3.05) is 0 Å². The van der Waals surface area contributed by atoms with E-state index in [4.69, 9.17) is 11.6 Å². The molecule has 0 aliphatic heterocycles. The summed E-state index contributed by atoms with van der Waals surface area (Å²) in [5.41, 5.74) is 0.501.